The van der Waals surface area contributed by atoms with Crippen LogP contribution in [0.3, 0.4) is 0 Å². The molecule has 0 amide bonds. The van der Waals surface area contributed by atoms with Crippen LogP contribution in [-0.4, -0.2) is 28.1 Å². The van der Waals surface area contributed by atoms with Crippen LogP contribution in [0.25, 0.3) is 0 Å². The Morgan fingerprint density at radius 1 is 1.17 bits per heavy atom. The number of rotatable bonds is 4. The Labute approximate surface area is 147 Å². The molecule has 23 heavy (non-hydrogen) atoms. The third-order valence-corrected chi connectivity index (χ3v) is 4.65. The fourth-order valence-electron chi connectivity index (χ4n) is 3.11. The summed E-state index contributed by atoms with van der Waals surface area (Å²) in [6.07, 6.45) is 1.07. The van der Waals surface area contributed by atoms with E-state index in [-0.39, 0.29) is 11.6 Å². The van der Waals surface area contributed by atoms with Gasteiger partial charge >= 0.3 is 0 Å². The van der Waals surface area contributed by atoms with E-state index >= 15 is 0 Å². The van der Waals surface area contributed by atoms with E-state index in [1.807, 2.05) is 6.07 Å². The zero-order chi connectivity index (χ0) is 16.4. The number of pyridine rings is 1. The number of aromatic nitrogens is 1. The van der Waals surface area contributed by atoms with Crippen molar-refractivity contribution in [2.24, 2.45) is 0 Å². The van der Waals surface area contributed by atoms with Crippen LogP contribution in [0.2, 0.25) is 10.3 Å². The lowest BCUT2D eigenvalue weighted by Crippen LogP contribution is -2.37. The molecule has 3 rings (SSSR count). The number of ether oxygens (including phenoxy) is 1. The van der Waals surface area contributed by atoms with Crippen molar-refractivity contribution < 1.29 is 4.74 Å². The molecule has 3 nitrogen and oxygen atoms in total. The van der Waals surface area contributed by atoms with Crippen LogP contribution in [0.1, 0.15) is 25.8 Å². The van der Waals surface area contributed by atoms with Gasteiger partial charge in [-0.25, -0.2) is 4.98 Å². The highest BCUT2D eigenvalue weighted by Gasteiger charge is 2.39. The van der Waals surface area contributed by atoms with Gasteiger partial charge in [0.25, 0.3) is 0 Å². The molecule has 1 aliphatic rings. The van der Waals surface area contributed by atoms with Crippen molar-refractivity contribution in [2.45, 2.75) is 38.5 Å². The first-order chi connectivity index (χ1) is 10.9. The Hall–Kier alpha value is -1.29. The molecule has 0 radical (unpaired) electrons. The quantitative estimate of drug-likeness (QED) is 0.739. The number of nitrogens with zero attached hydrogens (tertiary/aromatic N) is 2. The maximum absolute atomic E-state index is 6.09. The summed E-state index contributed by atoms with van der Waals surface area (Å²) in [5.41, 5.74) is 1.40. The Bertz CT molecular complexity index is 656. The summed E-state index contributed by atoms with van der Waals surface area (Å²) < 4.78 is 6.09. The summed E-state index contributed by atoms with van der Waals surface area (Å²) in [6, 6.07) is 13.9. The second-order valence-electron chi connectivity index (χ2n) is 6.57. The summed E-state index contributed by atoms with van der Waals surface area (Å²) >= 11 is 11.9. The molecule has 1 atom stereocenters. The highest BCUT2D eigenvalue weighted by molar-refractivity contribution is 6.32. The van der Waals surface area contributed by atoms with Crippen LogP contribution < -0.4 is 4.74 Å². The average molecular weight is 351 g/mol. The normalized spacial score (nSPS) is 20.6. The van der Waals surface area contributed by atoms with Crippen molar-refractivity contribution in [3.63, 3.8) is 0 Å². The highest BCUT2D eigenvalue weighted by atomic mass is 35.5. The Morgan fingerprint density at radius 2 is 1.83 bits per heavy atom. The van der Waals surface area contributed by atoms with Gasteiger partial charge < -0.3 is 4.74 Å². The van der Waals surface area contributed by atoms with Gasteiger partial charge in [-0.3, -0.25) is 4.90 Å². The second kappa shape index (κ2) is 6.68. The van der Waals surface area contributed by atoms with Crippen LogP contribution in [0.15, 0.2) is 42.5 Å². The third kappa shape index (κ3) is 4.17. The average Bonchev–Trinajstić information content (AvgIpc) is 2.72. The molecule has 2 heterocycles. The molecule has 0 N–H and O–H groups in total. The van der Waals surface area contributed by atoms with Crippen molar-refractivity contribution >= 4 is 23.2 Å². The van der Waals surface area contributed by atoms with Crippen molar-refractivity contribution in [1.82, 2.24) is 9.88 Å². The second-order valence-corrected chi connectivity index (χ2v) is 7.35. The fraction of sp³-hybridized carbons (Fsp3) is 0.389. The van der Waals surface area contributed by atoms with Gasteiger partial charge in [-0.1, -0.05) is 53.5 Å². The number of hydrogen-bond acceptors (Lipinski definition) is 3. The van der Waals surface area contributed by atoms with Gasteiger partial charge in [0.2, 0.25) is 0 Å². The zero-order valence-electron chi connectivity index (χ0n) is 13.3. The highest BCUT2D eigenvalue weighted by Crippen LogP contribution is 2.33. The zero-order valence-corrected chi connectivity index (χ0v) is 14.8. The van der Waals surface area contributed by atoms with E-state index in [0.29, 0.717) is 16.1 Å². The van der Waals surface area contributed by atoms with Crippen LogP contribution in [0.4, 0.5) is 0 Å². The standard InChI is InChI=1S/C18H20Cl2N2O/c1-18(2)10-15(23-14-8-16(19)21-17(20)9-14)12-22(18)11-13-6-4-3-5-7-13/h3-9,15H,10-12H2,1-2H3. The van der Waals surface area contributed by atoms with Gasteiger partial charge in [-0.15, -0.1) is 0 Å². The lowest BCUT2D eigenvalue weighted by molar-refractivity contribution is 0.161. The van der Waals surface area contributed by atoms with E-state index in [1.54, 1.807) is 12.1 Å². The van der Waals surface area contributed by atoms with E-state index in [0.717, 1.165) is 19.5 Å². The van der Waals surface area contributed by atoms with Crippen LogP contribution in [0, 0.1) is 0 Å². The van der Waals surface area contributed by atoms with E-state index in [4.69, 9.17) is 27.9 Å². The van der Waals surface area contributed by atoms with E-state index < -0.39 is 0 Å². The van der Waals surface area contributed by atoms with Gasteiger partial charge in [0.1, 0.15) is 22.2 Å². The molecule has 0 spiro atoms. The van der Waals surface area contributed by atoms with Gasteiger partial charge in [0.05, 0.1) is 0 Å². The SMILES string of the molecule is CC1(C)CC(Oc2cc(Cl)nc(Cl)c2)CN1Cc1ccccc1. The van der Waals surface area contributed by atoms with Gasteiger partial charge in [0.15, 0.2) is 0 Å². The van der Waals surface area contributed by atoms with Crippen LogP contribution in [0.5, 0.6) is 5.75 Å². The number of hydrogen-bond donors (Lipinski definition) is 0. The van der Waals surface area contributed by atoms with E-state index in [9.17, 15) is 0 Å². The minimum Gasteiger partial charge on any atom is -0.489 e. The molecular weight excluding hydrogens is 331 g/mol. The Kier molecular flexibility index (Phi) is 4.81. The number of benzene rings is 1. The first-order valence-electron chi connectivity index (χ1n) is 7.71. The molecule has 122 valence electrons. The largest absolute Gasteiger partial charge is 0.489 e. The minimum atomic E-state index is 0.0845. The number of likely N-dealkylation sites (tertiary alicyclic amines) is 1. The lowest BCUT2D eigenvalue weighted by atomic mass is 10.0. The van der Waals surface area contributed by atoms with E-state index in [1.165, 1.54) is 5.56 Å². The molecule has 1 aromatic heterocycles. The predicted octanol–water partition coefficient (Wildman–Crippen LogP) is 4.82. The molecule has 0 saturated carbocycles. The summed E-state index contributed by atoms with van der Waals surface area (Å²) in [6.45, 7) is 6.31. The Morgan fingerprint density at radius 3 is 2.48 bits per heavy atom. The molecule has 1 saturated heterocycles. The Balaban J connectivity index is 1.69. The molecule has 0 bridgehead atoms. The third-order valence-electron chi connectivity index (χ3n) is 4.26. The summed E-state index contributed by atoms with van der Waals surface area (Å²) in [5, 5.41) is 0.705. The topological polar surface area (TPSA) is 25.4 Å². The van der Waals surface area contributed by atoms with Crippen LogP contribution >= 0.6 is 23.2 Å². The molecule has 1 aliphatic heterocycles. The first kappa shape index (κ1) is 16.6. The molecule has 1 fully saturated rings. The maximum atomic E-state index is 6.09. The van der Waals surface area contributed by atoms with Crippen molar-refractivity contribution in [2.75, 3.05) is 6.54 Å². The summed E-state index contributed by atoms with van der Waals surface area (Å²) in [4.78, 5) is 6.40. The van der Waals surface area contributed by atoms with Crippen molar-refractivity contribution in [3.8, 4) is 5.75 Å². The maximum Gasteiger partial charge on any atom is 0.134 e. The predicted molar refractivity (Wildman–Crippen MR) is 94.2 cm³/mol. The van der Waals surface area contributed by atoms with E-state index in [2.05, 4.69) is 48.0 Å². The molecule has 1 unspecified atom stereocenters. The molecular formula is C18H20Cl2N2O. The van der Waals surface area contributed by atoms with Crippen molar-refractivity contribution in [3.05, 3.63) is 58.3 Å². The fourth-order valence-corrected chi connectivity index (χ4v) is 3.55. The molecule has 2 aromatic rings. The smallest absolute Gasteiger partial charge is 0.134 e. The van der Waals surface area contributed by atoms with Gasteiger partial charge in [-0.05, 0) is 19.4 Å². The van der Waals surface area contributed by atoms with Crippen LogP contribution in [-0.2, 0) is 6.54 Å². The van der Waals surface area contributed by atoms with Gasteiger partial charge in [0, 0.05) is 37.2 Å². The number of halogens is 2. The van der Waals surface area contributed by atoms with Gasteiger partial charge in [-0.2, -0.15) is 0 Å². The summed E-state index contributed by atoms with van der Waals surface area (Å²) in [5.74, 6) is 0.678. The monoisotopic (exact) mass is 350 g/mol. The van der Waals surface area contributed by atoms with Crippen molar-refractivity contribution in [1.29, 1.82) is 0 Å². The minimum absolute atomic E-state index is 0.0845. The molecule has 1 aromatic carbocycles. The molecule has 0 aliphatic carbocycles. The lowest BCUT2D eigenvalue weighted by Gasteiger charge is -2.30. The summed E-state index contributed by atoms with van der Waals surface area (Å²) in [7, 11) is 0. The first-order valence-corrected chi connectivity index (χ1v) is 8.47. The molecule has 5 heteroatoms.